The van der Waals surface area contributed by atoms with Gasteiger partial charge >= 0.3 is 13.0 Å². The molecule has 112 valence electrons. The lowest BCUT2D eigenvalue weighted by Crippen LogP contribution is -2.43. The molecule has 0 unspecified atom stereocenters. The van der Waals surface area contributed by atoms with Crippen LogP contribution in [0.4, 0.5) is 0 Å². The lowest BCUT2D eigenvalue weighted by Gasteiger charge is -2.33. The molecule has 0 amide bonds. The Bertz CT molecular complexity index is 522. The Balaban J connectivity index is 2.19. The summed E-state index contributed by atoms with van der Waals surface area (Å²) in [5, 5.41) is 19.4. The van der Waals surface area contributed by atoms with Crippen molar-refractivity contribution in [3.8, 4) is 0 Å². The molecular weight excluding hydrogens is 288 g/mol. The zero-order chi connectivity index (χ0) is 15.4. The SMILES string of the molecule is CB(O)N1CCC(/C(=C/C(=O)O)c2ccc(Cl)cc2)CC1. The quantitative estimate of drug-likeness (QED) is 0.663. The number of hydrogen-bond donors (Lipinski definition) is 2. The van der Waals surface area contributed by atoms with E-state index in [4.69, 9.17) is 16.7 Å². The first-order valence-electron chi connectivity index (χ1n) is 7.10. The molecule has 0 aliphatic carbocycles. The van der Waals surface area contributed by atoms with Crippen molar-refractivity contribution in [2.45, 2.75) is 19.7 Å². The van der Waals surface area contributed by atoms with Crippen LogP contribution in [0.3, 0.4) is 0 Å². The number of allylic oxidation sites excluding steroid dienone is 1. The van der Waals surface area contributed by atoms with Gasteiger partial charge in [-0.25, -0.2) is 4.79 Å². The van der Waals surface area contributed by atoms with Crippen LogP contribution in [0.5, 0.6) is 0 Å². The molecule has 1 fully saturated rings. The van der Waals surface area contributed by atoms with Gasteiger partial charge in [-0.05, 0) is 61.9 Å². The highest BCUT2D eigenvalue weighted by Gasteiger charge is 2.26. The number of carboxylic acids is 1. The van der Waals surface area contributed by atoms with Gasteiger partial charge in [0, 0.05) is 11.1 Å². The molecule has 1 aromatic rings. The van der Waals surface area contributed by atoms with Gasteiger partial charge in [0.05, 0.1) is 0 Å². The molecule has 1 aliphatic heterocycles. The number of hydrogen-bond acceptors (Lipinski definition) is 3. The first-order chi connectivity index (χ1) is 9.97. The van der Waals surface area contributed by atoms with Crippen molar-refractivity contribution in [2.24, 2.45) is 5.92 Å². The molecule has 0 radical (unpaired) electrons. The fourth-order valence-electron chi connectivity index (χ4n) is 2.80. The zero-order valence-electron chi connectivity index (χ0n) is 12.0. The van der Waals surface area contributed by atoms with Gasteiger partial charge in [0.25, 0.3) is 0 Å². The van der Waals surface area contributed by atoms with Crippen molar-refractivity contribution >= 4 is 30.2 Å². The van der Waals surface area contributed by atoms with E-state index in [2.05, 4.69) is 0 Å². The summed E-state index contributed by atoms with van der Waals surface area (Å²) in [4.78, 5) is 13.1. The fourth-order valence-corrected chi connectivity index (χ4v) is 2.92. The van der Waals surface area contributed by atoms with Gasteiger partial charge in [-0.1, -0.05) is 23.7 Å². The van der Waals surface area contributed by atoms with Crippen molar-refractivity contribution in [1.82, 2.24) is 4.81 Å². The molecular formula is C15H19BClNO3. The van der Waals surface area contributed by atoms with Crippen LogP contribution < -0.4 is 0 Å². The zero-order valence-corrected chi connectivity index (χ0v) is 12.8. The molecule has 4 nitrogen and oxygen atoms in total. The highest BCUT2D eigenvalue weighted by atomic mass is 35.5. The van der Waals surface area contributed by atoms with Gasteiger partial charge in [0.15, 0.2) is 0 Å². The third kappa shape index (κ3) is 4.33. The number of aliphatic carboxylic acids is 1. The van der Waals surface area contributed by atoms with Crippen LogP contribution in [0.25, 0.3) is 5.57 Å². The monoisotopic (exact) mass is 307 g/mol. The van der Waals surface area contributed by atoms with Crippen LogP contribution >= 0.6 is 11.6 Å². The lowest BCUT2D eigenvalue weighted by molar-refractivity contribution is -0.131. The van der Waals surface area contributed by atoms with Crippen molar-refractivity contribution in [3.63, 3.8) is 0 Å². The maximum atomic E-state index is 11.1. The third-order valence-electron chi connectivity index (χ3n) is 3.95. The van der Waals surface area contributed by atoms with Crippen molar-refractivity contribution in [1.29, 1.82) is 0 Å². The van der Waals surface area contributed by atoms with E-state index in [1.54, 1.807) is 19.0 Å². The number of carboxylic acid groups (broad SMARTS) is 1. The second-order valence-corrected chi connectivity index (χ2v) is 5.82. The van der Waals surface area contributed by atoms with Gasteiger partial charge in [0.2, 0.25) is 0 Å². The molecule has 1 saturated heterocycles. The third-order valence-corrected chi connectivity index (χ3v) is 4.21. The van der Waals surface area contributed by atoms with Gasteiger partial charge in [-0.15, -0.1) is 0 Å². The smallest absolute Gasteiger partial charge is 0.376 e. The lowest BCUT2D eigenvalue weighted by atomic mass is 9.78. The largest absolute Gasteiger partial charge is 0.478 e. The Morgan fingerprint density at radius 2 is 1.90 bits per heavy atom. The van der Waals surface area contributed by atoms with Crippen molar-refractivity contribution < 1.29 is 14.9 Å². The molecule has 1 aromatic carbocycles. The number of piperidine rings is 1. The second kappa shape index (κ2) is 7.12. The van der Waals surface area contributed by atoms with Crippen LogP contribution in [0.1, 0.15) is 18.4 Å². The van der Waals surface area contributed by atoms with E-state index in [0.29, 0.717) is 5.02 Å². The molecule has 2 rings (SSSR count). The maximum absolute atomic E-state index is 11.1. The number of carbonyl (C=O) groups is 1. The van der Waals surface area contributed by atoms with E-state index in [1.165, 1.54) is 6.08 Å². The van der Waals surface area contributed by atoms with Crippen molar-refractivity contribution in [2.75, 3.05) is 13.1 Å². The predicted octanol–water partition coefficient (Wildman–Crippen LogP) is 2.63. The van der Waals surface area contributed by atoms with Crippen LogP contribution in [-0.4, -0.2) is 41.1 Å². The molecule has 0 atom stereocenters. The summed E-state index contributed by atoms with van der Waals surface area (Å²) in [5.74, 6) is -0.741. The first kappa shape index (κ1) is 16.1. The molecule has 0 saturated carbocycles. The van der Waals surface area contributed by atoms with Gasteiger partial charge in [-0.3, -0.25) is 0 Å². The van der Waals surface area contributed by atoms with Crippen molar-refractivity contribution in [3.05, 3.63) is 40.9 Å². The summed E-state index contributed by atoms with van der Waals surface area (Å²) < 4.78 is 0. The number of rotatable bonds is 4. The van der Waals surface area contributed by atoms with Gasteiger partial charge in [0.1, 0.15) is 0 Å². The molecule has 1 heterocycles. The summed E-state index contributed by atoms with van der Waals surface area (Å²) in [5.41, 5.74) is 1.74. The summed E-state index contributed by atoms with van der Waals surface area (Å²) >= 11 is 5.89. The second-order valence-electron chi connectivity index (χ2n) is 5.39. The van der Waals surface area contributed by atoms with Crippen LogP contribution in [-0.2, 0) is 4.79 Å². The summed E-state index contributed by atoms with van der Waals surface area (Å²) in [6, 6.07) is 7.27. The fraction of sp³-hybridized carbons (Fsp3) is 0.400. The minimum absolute atomic E-state index is 0.192. The van der Waals surface area contributed by atoms with E-state index in [-0.39, 0.29) is 5.92 Å². The number of nitrogens with zero attached hydrogens (tertiary/aromatic N) is 1. The Hall–Kier alpha value is -1.30. The average Bonchev–Trinajstić information content (AvgIpc) is 2.46. The normalized spacial score (nSPS) is 17.8. The van der Waals surface area contributed by atoms with Gasteiger partial charge in [-0.2, -0.15) is 0 Å². The van der Waals surface area contributed by atoms with Crippen LogP contribution in [0, 0.1) is 5.92 Å². The molecule has 1 aliphatic rings. The maximum Gasteiger partial charge on any atom is 0.376 e. The molecule has 0 spiro atoms. The average molecular weight is 308 g/mol. The Morgan fingerprint density at radius 1 is 1.33 bits per heavy atom. The summed E-state index contributed by atoms with van der Waals surface area (Å²) in [6.07, 6.45) is 2.98. The number of halogens is 1. The Labute approximate surface area is 130 Å². The van der Waals surface area contributed by atoms with E-state index < -0.39 is 13.0 Å². The van der Waals surface area contributed by atoms with Gasteiger partial charge < -0.3 is 14.9 Å². The highest BCUT2D eigenvalue weighted by Crippen LogP contribution is 2.32. The van der Waals surface area contributed by atoms with E-state index in [9.17, 15) is 9.82 Å². The first-order valence-corrected chi connectivity index (χ1v) is 7.47. The Morgan fingerprint density at radius 3 is 2.38 bits per heavy atom. The predicted molar refractivity (Wildman–Crippen MR) is 85.2 cm³/mol. The van der Waals surface area contributed by atoms with E-state index in [1.807, 2.05) is 16.9 Å². The van der Waals surface area contributed by atoms with Crippen LogP contribution in [0.2, 0.25) is 11.8 Å². The summed E-state index contributed by atoms with van der Waals surface area (Å²) in [7, 11) is -0.451. The number of benzene rings is 1. The standard InChI is InChI=1S/C15H19BClNO3/c1-16(21)18-8-6-12(7-9-18)14(10-15(19)20)11-2-4-13(17)5-3-11/h2-5,10,12,21H,6-9H2,1H3,(H,19,20)/b14-10+. The minimum Gasteiger partial charge on any atom is -0.478 e. The molecule has 0 aromatic heterocycles. The molecule has 21 heavy (non-hydrogen) atoms. The Kier molecular flexibility index (Phi) is 5.45. The molecule has 2 N–H and O–H groups in total. The highest BCUT2D eigenvalue weighted by molar-refractivity contribution is 6.45. The molecule has 6 heteroatoms. The molecule has 0 bridgehead atoms. The topological polar surface area (TPSA) is 60.8 Å². The summed E-state index contributed by atoms with van der Waals surface area (Å²) in [6.45, 7) is 3.30. The minimum atomic E-state index is -0.932. The van der Waals surface area contributed by atoms with Crippen LogP contribution in [0.15, 0.2) is 30.3 Å². The van der Waals surface area contributed by atoms with E-state index in [0.717, 1.165) is 37.1 Å². The van der Waals surface area contributed by atoms with E-state index >= 15 is 0 Å².